The molecule has 0 bridgehead atoms. The van der Waals surface area contributed by atoms with Crippen LogP contribution in [0.1, 0.15) is 44.5 Å². The fraction of sp³-hybridized carbons (Fsp3) is 0.0177. The lowest BCUT2D eigenvalue weighted by molar-refractivity contribution is 0.434. The molecule has 0 aliphatic carbocycles. The summed E-state index contributed by atoms with van der Waals surface area (Å²) in [5, 5.41) is 6.31. The second-order valence-corrected chi connectivity index (χ2v) is 35.1. The minimum absolute atomic E-state index is 0.549. The van der Waals surface area contributed by atoms with Crippen molar-refractivity contribution in [1.82, 2.24) is 24.1 Å². The lowest BCUT2D eigenvalue weighted by Crippen LogP contribution is -2.39. The Morgan fingerprint density at radius 2 is 0.581 bits per heavy atom. The molecule has 18 aromatic carbocycles. The first-order valence-electron chi connectivity index (χ1n) is 42.1. The molecule has 10 nitrogen and oxygen atoms in total. The monoisotopic (exact) mass is 1610 g/mol. The van der Waals surface area contributed by atoms with Gasteiger partial charge >= 0.3 is 0 Å². The molecule has 7 heterocycles. The molecule has 3 aromatic heterocycles. The van der Waals surface area contributed by atoms with E-state index >= 15 is 4.57 Å². The molecular weight excluding hydrogens is 1530 g/mol. The number of para-hydroxylation sites is 9. The Morgan fingerprint density at radius 3 is 1.10 bits per heavy atom. The van der Waals surface area contributed by atoms with E-state index in [0.717, 1.165) is 190 Å². The van der Waals surface area contributed by atoms with Gasteiger partial charge in [-0.2, -0.15) is 0 Å². The van der Waals surface area contributed by atoms with Gasteiger partial charge in [0, 0.05) is 99.2 Å². The molecule has 1 unspecified atom stereocenters. The van der Waals surface area contributed by atoms with Gasteiger partial charge in [0.2, 0.25) is 0 Å². The van der Waals surface area contributed by atoms with E-state index in [-0.39, 0.29) is 0 Å². The van der Waals surface area contributed by atoms with Crippen LogP contribution in [0, 0.1) is 0 Å². The lowest BCUT2D eigenvalue weighted by Gasteiger charge is -2.48. The fourth-order valence-electron chi connectivity index (χ4n) is 20.7. The Labute approximate surface area is 715 Å². The largest absolute Gasteiger partial charge is 0.457 e. The summed E-state index contributed by atoms with van der Waals surface area (Å²) in [6, 6.07) is 155. The number of rotatable bonds is 11. The number of nitrogens with zero attached hydrogens (tertiary/aromatic N) is 7. The third kappa shape index (κ3) is 10.5. The molecule has 21 aromatic rings. The van der Waals surface area contributed by atoms with E-state index in [0.29, 0.717) is 28.1 Å². The molecule has 582 valence electrons. The predicted molar refractivity (Wildman–Crippen MR) is 503 cm³/mol. The summed E-state index contributed by atoms with van der Waals surface area (Å²) in [4.78, 5) is 20.4. The zero-order valence-corrected chi connectivity index (χ0v) is 67.8. The first-order chi connectivity index (χ1) is 61.4. The van der Waals surface area contributed by atoms with Crippen LogP contribution in [0.3, 0.4) is 0 Å². The summed E-state index contributed by atoms with van der Waals surface area (Å²) in [6.07, 6.45) is 0. The summed E-state index contributed by atoms with van der Waals surface area (Å²) in [5.74, 6) is 4.88. The van der Waals surface area contributed by atoms with E-state index in [1.54, 1.807) is 0 Å². The molecule has 4 aliphatic rings. The van der Waals surface area contributed by atoms with Gasteiger partial charge in [0.1, 0.15) is 23.0 Å². The van der Waals surface area contributed by atoms with Crippen molar-refractivity contribution in [3.05, 3.63) is 481 Å². The highest BCUT2D eigenvalue weighted by molar-refractivity contribution is 7.85. The third-order valence-corrected chi connectivity index (χ3v) is 28.9. The zero-order chi connectivity index (χ0) is 81.8. The maximum Gasteiger partial charge on any atom is 0.171 e. The number of hydrogen-bond donors (Lipinski definition) is 0. The van der Waals surface area contributed by atoms with E-state index in [1.165, 1.54) is 0 Å². The topological polar surface area (TPSA) is 90.5 Å². The molecule has 0 fully saturated rings. The molecule has 25 rings (SSSR count). The van der Waals surface area contributed by atoms with Gasteiger partial charge < -0.3 is 33.0 Å². The van der Waals surface area contributed by atoms with Gasteiger partial charge in [-0.15, -0.1) is 0 Å². The average Bonchev–Trinajstić information content (AvgIpc) is 1.66. The van der Waals surface area contributed by atoms with Crippen molar-refractivity contribution in [2.24, 2.45) is 0 Å². The van der Waals surface area contributed by atoms with Gasteiger partial charge in [-0.1, -0.05) is 291 Å². The fourth-order valence-corrected chi connectivity index (χ4v) is 23.3. The van der Waals surface area contributed by atoms with Gasteiger partial charge in [0.15, 0.2) is 24.6 Å². The highest BCUT2D eigenvalue weighted by Gasteiger charge is 2.54. The van der Waals surface area contributed by atoms with Crippen LogP contribution >= 0.6 is 7.14 Å². The summed E-state index contributed by atoms with van der Waals surface area (Å²) >= 11 is 0. The van der Waals surface area contributed by atoms with Crippen molar-refractivity contribution >= 4 is 101 Å². The standard InChI is InChI=1S/C113H72N7O3P/c121-124(82-43-14-5-15-44-82,83-63-61-80(62-64-83)117-97-53-23-16-46-85(97)87-69-107-95(71-103(87)117)112(93-51-21-28-58-105(93)122-107)89-47-17-24-54-99(89)118(78-38-10-3-11-39-78)100-55-25-18-48-90(100)112)84-45-31-36-75(67-84)76-60-65-98-86(68-76)88-70-108-96(72-104(88)120(98)81-42-30-37-77(66-81)111-115-109(73-32-6-1-7-33-73)114-110(116-111)74-34-8-2-9-35-74)113(94-52-22-29-59-106(94)123-108)91-49-19-26-56-101(91)119(79-40-12-4-13-41-79)102-57-27-20-50-92(102)113/h1-72H. The molecule has 0 N–H and O–H groups in total. The summed E-state index contributed by atoms with van der Waals surface area (Å²) in [7, 11) is -3.66. The molecular formula is C113H72N7O3P. The number of hydrogen-bond acceptors (Lipinski definition) is 8. The zero-order valence-electron chi connectivity index (χ0n) is 66.9. The van der Waals surface area contributed by atoms with Crippen molar-refractivity contribution in [1.29, 1.82) is 0 Å². The Bertz CT molecular complexity index is 7840. The van der Waals surface area contributed by atoms with Crippen LogP contribution in [0.15, 0.2) is 437 Å². The smallest absolute Gasteiger partial charge is 0.171 e. The van der Waals surface area contributed by atoms with Gasteiger partial charge in [-0.3, -0.25) is 0 Å². The quantitative estimate of drug-likeness (QED) is 0.118. The van der Waals surface area contributed by atoms with Crippen molar-refractivity contribution in [3.63, 3.8) is 0 Å². The van der Waals surface area contributed by atoms with Crippen LogP contribution in [0.2, 0.25) is 0 Å². The number of ether oxygens (including phenoxy) is 2. The Morgan fingerprint density at radius 1 is 0.218 bits per heavy atom. The van der Waals surface area contributed by atoms with Crippen molar-refractivity contribution in [2.45, 2.75) is 10.8 Å². The Hall–Kier alpha value is -16.0. The van der Waals surface area contributed by atoms with Crippen LogP contribution in [0.5, 0.6) is 23.0 Å². The second-order valence-electron chi connectivity index (χ2n) is 32.4. The van der Waals surface area contributed by atoms with Crippen molar-refractivity contribution in [2.75, 3.05) is 9.80 Å². The molecule has 0 saturated carbocycles. The van der Waals surface area contributed by atoms with Gasteiger partial charge in [0.05, 0.1) is 55.6 Å². The average molecular weight is 1610 g/mol. The Balaban J connectivity index is 0.657. The van der Waals surface area contributed by atoms with E-state index in [4.69, 9.17) is 24.4 Å². The molecule has 1 atom stereocenters. The Kier molecular flexibility index (Phi) is 15.9. The van der Waals surface area contributed by atoms with Crippen LogP contribution in [-0.4, -0.2) is 24.1 Å². The van der Waals surface area contributed by atoms with Gasteiger partial charge in [-0.05, 0) is 179 Å². The van der Waals surface area contributed by atoms with Gasteiger partial charge in [0.25, 0.3) is 0 Å². The maximum absolute atomic E-state index is 17.4. The van der Waals surface area contributed by atoms with Gasteiger partial charge in [-0.25, -0.2) is 15.0 Å². The molecule has 0 radical (unpaired) electrons. The first kappa shape index (κ1) is 71.0. The van der Waals surface area contributed by atoms with E-state index in [9.17, 15) is 0 Å². The van der Waals surface area contributed by atoms with Crippen LogP contribution in [-0.2, 0) is 15.4 Å². The summed E-state index contributed by atoms with van der Waals surface area (Å²) in [5.41, 5.74) is 24.0. The van der Waals surface area contributed by atoms with E-state index < -0.39 is 18.0 Å². The first-order valence-corrected chi connectivity index (χ1v) is 43.8. The number of fused-ring (bicyclic) bond motifs is 22. The minimum Gasteiger partial charge on any atom is -0.457 e. The van der Waals surface area contributed by atoms with E-state index in [2.05, 4.69) is 359 Å². The molecule has 124 heavy (non-hydrogen) atoms. The third-order valence-electron chi connectivity index (χ3n) is 25.9. The van der Waals surface area contributed by atoms with Crippen molar-refractivity contribution < 1.29 is 14.0 Å². The lowest BCUT2D eigenvalue weighted by atomic mass is 9.61. The number of anilines is 6. The molecule has 0 saturated heterocycles. The molecule has 11 heteroatoms. The van der Waals surface area contributed by atoms with Crippen molar-refractivity contribution in [3.8, 4) is 79.7 Å². The highest BCUT2D eigenvalue weighted by Crippen LogP contribution is 2.66. The maximum atomic E-state index is 17.4. The summed E-state index contributed by atoms with van der Waals surface area (Å²) < 4.78 is 36.8. The van der Waals surface area contributed by atoms with Crippen LogP contribution in [0.4, 0.5) is 34.1 Å². The predicted octanol–water partition coefficient (Wildman–Crippen LogP) is 26.9. The number of benzene rings is 18. The molecule has 2 spiro atoms. The normalized spacial score (nSPS) is 14.0. The minimum atomic E-state index is -3.66. The molecule has 0 amide bonds. The summed E-state index contributed by atoms with van der Waals surface area (Å²) in [6.45, 7) is 0. The SMILES string of the molecule is O=P(c1ccccc1)(c1ccc(-n2c3ccccc3c3cc4c(cc32)C2(c3ccccc3O4)c3ccccc3N(c3ccccc3)c3ccccc32)cc1)c1cccc(-c2ccc3c(c2)c2cc4c(cc2n3-c2cccc(-c3nc(-c5ccccc5)nc(-c5ccccc5)n3)c2)C2(c3ccccc3O4)c3ccccc3N(c3ccccc3)c3ccccc32)c1. The van der Waals surface area contributed by atoms with E-state index in [1.807, 2.05) is 97.1 Å². The molecule has 4 aliphatic heterocycles. The highest BCUT2D eigenvalue weighted by atomic mass is 31.2. The number of aromatic nitrogens is 5. The van der Waals surface area contributed by atoms with Crippen LogP contribution in [0.25, 0.3) is 100 Å². The second kappa shape index (κ2) is 27.8. The van der Waals surface area contributed by atoms with Crippen LogP contribution < -0.4 is 35.2 Å².